The lowest BCUT2D eigenvalue weighted by Crippen LogP contribution is -2.02. The Hall–Kier alpha value is -1.62. The second-order valence-corrected chi connectivity index (χ2v) is 4.00. The third-order valence-corrected chi connectivity index (χ3v) is 3.00. The second-order valence-electron chi connectivity index (χ2n) is 3.26. The van der Waals surface area contributed by atoms with Crippen LogP contribution in [0.4, 0.5) is 11.6 Å². The van der Waals surface area contributed by atoms with Crippen molar-refractivity contribution >= 4 is 23.0 Å². The first-order valence-corrected chi connectivity index (χ1v) is 5.53. The normalized spacial score (nSPS) is 10.2. The fraction of sp³-hybridized carbons (Fsp3) is 0.200. The standard InChI is InChI=1S/C10H12N4S/c1-7-5-15-6-8(7)2-13-10-4-12-9(11)3-14-10/h3-6H,2H2,1H3,(H2,11,12)(H,13,14). The van der Waals surface area contributed by atoms with Crippen LogP contribution >= 0.6 is 11.3 Å². The van der Waals surface area contributed by atoms with Crippen molar-refractivity contribution in [3.8, 4) is 0 Å². The zero-order valence-corrected chi connectivity index (χ0v) is 9.21. The molecule has 2 rings (SSSR count). The first-order valence-electron chi connectivity index (χ1n) is 4.59. The van der Waals surface area contributed by atoms with Crippen LogP contribution in [0, 0.1) is 6.92 Å². The molecule has 0 spiro atoms. The minimum Gasteiger partial charge on any atom is -0.382 e. The third kappa shape index (κ3) is 2.44. The summed E-state index contributed by atoms with van der Waals surface area (Å²) in [5.74, 6) is 1.18. The molecule has 0 aromatic carbocycles. The van der Waals surface area contributed by atoms with Gasteiger partial charge in [0.2, 0.25) is 0 Å². The van der Waals surface area contributed by atoms with Gasteiger partial charge in [-0.1, -0.05) is 0 Å². The smallest absolute Gasteiger partial charge is 0.144 e. The highest BCUT2D eigenvalue weighted by molar-refractivity contribution is 7.08. The molecule has 0 saturated carbocycles. The number of anilines is 2. The predicted octanol–water partition coefficient (Wildman–Crippen LogP) is 2.04. The molecule has 2 heterocycles. The van der Waals surface area contributed by atoms with Crippen LogP contribution < -0.4 is 11.1 Å². The lowest BCUT2D eigenvalue weighted by molar-refractivity contribution is 1.08. The summed E-state index contributed by atoms with van der Waals surface area (Å²) in [5, 5.41) is 7.46. The largest absolute Gasteiger partial charge is 0.382 e. The molecule has 4 nitrogen and oxygen atoms in total. The van der Waals surface area contributed by atoms with Crippen molar-refractivity contribution in [2.45, 2.75) is 13.5 Å². The van der Waals surface area contributed by atoms with Gasteiger partial charge in [-0.25, -0.2) is 9.97 Å². The van der Waals surface area contributed by atoms with E-state index in [4.69, 9.17) is 5.73 Å². The zero-order chi connectivity index (χ0) is 10.7. The summed E-state index contributed by atoms with van der Waals surface area (Å²) >= 11 is 1.71. The molecule has 3 N–H and O–H groups in total. The highest BCUT2D eigenvalue weighted by Gasteiger charge is 1.99. The molecule has 15 heavy (non-hydrogen) atoms. The molecule has 0 bridgehead atoms. The topological polar surface area (TPSA) is 63.8 Å². The van der Waals surface area contributed by atoms with Gasteiger partial charge in [0.1, 0.15) is 11.6 Å². The van der Waals surface area contributed by atoms with Crippen LogP contribution in [-0.2, 0) is 6.54 Å². The van der Waals surface area contributed by atoms with Gasteiger partial charge in [0.25, 0.3) is 0 Å². The van der Waals surface area contributed by atoms with Gasteiger partial charge < -0.3 is 11.1 Å². The summed E-state index contributed by atoms with van der Waals surface area (Å²) in [6, 6.07) is 0. The summed E-state index contributed by atoms with van der Waals surface area (Å²) in [6.45, 7) is 2.87. The lowest BCUT2D eigenvalue weighted by Gasteiger charge is -2.04. The van der Waals surface area contributed by atoms with Crippen molar-refractivity contribution in [2.24, 2.45) is 0 Å². The van der Waals surface area contributed by atoms with Crippen molar-refractivity contribution in [1.82, 2.24) is 9.97 Å². The van der Waals surface area contributed by atoms with Gasteiger partial charge in [-0.2, -0.15) is 11.3 Å². The summed E-state index contributed by atoms with van der Waals surface area (Å²) in [4.78, 5) is 8.07. The molecule has 0 aliphatic carbocycles. The van der Waals surface area contributed by atoms with E-state index in [1.165, 1.54) is 11.1 Å². The summed E-state index contributed by atoms with van der Waals surface area (Å²) in [7, 11) is 0. The minimum absolute atomic E-state index is 0.437. The number of nitrogens with zero attached hydrogens (tertiary/aromatic N) is 2. The fourth-order valence-electron chi connectivity index (χ4n) is 1.18. The Morgan fingerprint density at radius 3 is 2.80 bits per heavy atom. The van der Waals surface area contributed by atoms with Crippen LogP contribution in [0.25, 0.3) is 0 Å². The Kier molecular flexibility index (Phi) is 2.82. The molecular weight excluding hydrogens is 208 g/mol. The van der Waals surface area contributed by atoms with Gasteiger partial charge in [0.15, 0.2) is 0 Å². The van der Waals surface area contributed by atoms with E-state index >= 15 is 0 Å². The van der Waals surface area contributed by atoms with Crippen molar-refractivity contribution < 1.29 is 0 Å². The lowest BCUT2D eigenvalue weighted by atomic mass is 10.2. The second kappa shape index (κ2) is 4.27. The third-order valence-electron chi connectivity index (χ3n) is 2.09. The van der Waals surface area contributed by atoms with Crippen molar-refractivity contribution in [2.75, 3.05) is 11.1 Å². The number of thiophene rings is 1. The van der Waals surface area contributed by atoms with Gasteiger partial charge in [-0.15, -0.1) is 0 Å². The Balaban J connectivity index is 1.99. The molecule has 0 fully saturated rings. The van der Waals surface area contributed by atoms with Gasteiger partial charge in [0.05, 0.1) is 12.4 Å². The molecular formula is C10H12N4S. The van der Waals surface area contributed by atoms with Crippen molar-refractivity contribution in [3.05, 3.63) is 34.3 Å². The first-order chi connectivity index (χ1) is 7.25. The highest BCUT2D eigenvalue weighted by Crippen LogP contribution is 2.14. The van der Waals surface area contributed by atoms with Crippen LogP contribution in [0.5, 0.6) is 0 Å². The van der Waals surface area contributed by atoms with Gasteiger partial charge in [-0.05, 0) is 28.8 Å². The van der Waals surface area contributed by atoms with E-state index in [1.54, 1.807) is 23.7 Å². The average molecular weight is 220 g/mol. The quantitative estimate of drug-likeness (QED) is 0.830. The molecule has 0 atom stereocenters. The van der Waals surface area contributed by atoms with Crippen molar-refractivity contribution in [3.63, 3.8) is 0 Å². The maximum absolute atomic E-state index is 5.44. The maximum atomic E-state index is 5.44. The Morgan fingerprint density at radius 2 is 2.20 bits per heavy atom. The van der Waals surface area contributed by atoms with Gasteiger partial charge in [-0.3, -0.25) is 0 Å². The number of nitrogens with one attached hydrogen (secondary N) is 1. The molecule has 2 aromatic rings. The van der Waals surface area contributed by atoms with E-state index in [2.05, 4.69) is 33.0 Å². The Morgan fingerprint density at radius 1 is 1.33 bits per heavy atom. The molecule has 0 aliphatic rings. The number of aromatic nitrogens is 2. The van der Waals surface area contributed by atoms with Crippen LogP contribution in [-0.4, -0.2) is 9.97 Å². The van der Waals surface area contributed by atoms with E-state index in [-0.39, 0.29) is 0 Å². The highest BCUT2D eigenvalue weighted by atomic mass is 32.1. The SMILES string of the molecule is Cc1cscc1CNc1cnc(N)cn1. The number of hydrogen-bond donors (Lipinski definition) is 2. The van der Waals surface area contributed by atoms with Crippen LogP contribution in [0.2, 0.25) is 0 Å². The van der Waals surface area contributed by atoms with E-state index in [1.807, 2.05) is 0 Å². The molecule has 0 unspecified atom stereocenters. The monoisotopic (exact) mass is 220 g/mol. The average Bonchev–Trinajstić information content (AvgIpc) is 2.63. The fourth-order valence-corrected chi connectivity index (χ4v) is 2.04. The maximum Gasteiger partial charge on any atom is 0.144 e. The molecule has 0 radical (unpaired) electrons. The predicted molar refractivity (Wildman–Crippen MR) is 62.8 cm³/mol. The number of nitrogens with two attached hydrogens (primary N) is 1. The molecule has 2 aromatic heterocycles. The summed E-state index contributed by atoms with van der Waals surface area (Å²) in [5.41, 5.74) is 8.03. The molecule has 0 amide bonds. The van der Waals surface area contributed by atoms with E-state index in [9.17, 15) is 0 Å². The van der Waals surface area contributed by atoms with E-state index in [0.29, 0.717) is 5.82 Å². The Bertz CT molecular complexity index is 435. The van der Waals surface area contributed by atoms with Crippen LogP contribution in [0.1, 0.15) is 11.1 Å². The molecule has 78 valence electrons. The number of aryl methyl sites for hydroxylation is 1. The zero-order valence-electron chi connectivity index (χ0n) is 8.40. The van der Waals surface area contributed by atoms with Gasteiger partial charge >= 0.3 is 0 Å². The number of nitrogen functional groups attached to an aromatic ring is 1. The number of hydrogen-bond acceptors (Lipinski definition) is 5. The number of rotatable bonds is 3. The minimum atomic E-state index is 0.437. The Labute approximate surface area is 92.2 Å². The molecule has 0 saturated heterocycles. The van der Waals surface area contributed by atoms with Gasteiger partial charge in [0, 0.05) is 6.54 Å². The molecule has 0 aliphatic heterocycles. The molecule has 5 heteroatoms. The van der Waals surface area contributed by atoms with Crippen LogP contribution in [0.15, 0.2) is 23.2 Å². The van der Waals surface area contributed by atoms with E-state index in [0.717, 1.165) is 12.4 Å². The first kappa shape index (κ1) is 9.92. The van der Waals surface area contributed by atoms with Crippen molar-refractivity contribution in [1.29, 1.82) is 0 Å². The summed E-state index contributed by atoms with van der Waals surface area (Å²) < 4.78 is 0. The van der Waals surface area contributed by atoms with E-state index < -0.39 is 0 Å². The summed E-state index contributed by atoms with van der Waals surface area (Å²) in [6.07, 6.45) is 3.18. The van der Waals surface area contributed by atoms with Crippen LogP contribution in [0.3, 0.4) is 0 Å².